The molecular weight excluding hydrogens is 278 g/mol. The fourth-order valence-electron chi connectivity index (χ4n) is 2.60. The summed E-state index contributed by atoms with van der Waals surface area (Å²) in [5.41, 5.74) is 0. The summed E-state index contributed by atoms with van der Waals surface area (Å²) in [5, 5.41) is 17.6. The lowest BCUT2D eigenvalue weighted by Crippen LogP contribution is -2.33. The molecule has 0 amide bonds. The van der Waals surface area contributed by atoms with Crippen LogP contribution in [0.2, 0.25) is 0 Å². The molecule has 0 aromatic carbocycles. The average Bonchev–Trinajstić information content (AvgIpc) is 2.75. The summed E-state index contributed by atoms with van der Waals surface area (Å²) >= 11 is 6.36. The molecule has 1 aliphatic heterocycles. The highest BCUT2D eigenvalue weighted by Crippen LogP contribution is 2.26. The Morgan fingerprint density at radius 1 is 1.30 bits per heavy atom. The number of aliphatic carboxylic acids is 1. The molecule has 0 aliphatic carbocycles. The average molecular weight is 304 g/mol. The minimum absolute atomic E-state index is 0.202. The number of halogens is 1. The Morgan fingerprint density at radius 3 is 2.80 bits per heavy atom. The predicted octanol–water partition coefficient (Wildman–Crippen LogP) is 2.64. The Hall–Kier alpha value is -0.580. The largest absolute Gasteiger partial charge is 0.481 e. The third-order valence-electron chi connectivity index (χ3n) is 3.74. The van der Waals surface area contributed by atoms with E-state index < -0.39 is 5.97 Å². The van der Waals surface area contributed by atoms with Crippen molar-refractivity contribution < 1.29 is 15.0 Å². The van der Waals surface area contributed by atoms with Gasteiger partial charge in [-0.05, 0) is 51.6 Å². The van der Waals surface area contributed by atoms with Gasteiger partial charge in [-0.1, -0.05) is 12.2 Å². The van der Waals surface area contributed by atoms with Gasteiger partial charge in [0.2, 0.25) is 0 Å². The first kappa shape index (κ1) is 17.5. The van der Waals surface area contributed by atoms with Gasteiger partial charge >= 0.3 is 5.97 Å². The number of aliphatic hydroxyl groups excluding tert-OH is 1. The van der Waals surface area contributed by atoms with E-state index in [1.54, 1.807) is 0 Å². The molecule has 1 fully saturated rings. The van der Waals surface area contributed by atoms with Gasteiger partial charge in [-0.3, -0.25) is 9.69 Å². The normalized spacial score (nSPS) is 23.7. The zero-order chi connectivity index (χ0) is 14.8. The van der Waals surface area contributed by atoms with E-state index in [2.05, 4.69) is 17.1 Å². The number of nitrogens with zero attached hydrogens (tertiary/aromatic N) is 1. The van der Waals surface area contributed by atoms with Crippen molar-refractivity contribution in [2.45, 2.75) is 56.4 Å². The minimum atomic E-state index is -0.731. The van der Waals surface area contributed by atoms with Crippen molar-refractivity contribution in [3.63, 3.8) is 0 Å². The molecule has 1 aliphatic rings. The number of carbonyl (C=O) groups is 1. The lowest BCUT2D eigenvalue weighted by Gasteiger charge is -2.24. The molecular formula is C15H26ClNO3. The lowest BCUT2D eigenvalue weighted by molar-refractivity contribution is -0.137. The van der Waals surface area contributed by atoms with Crippen LogP contribution in [0, 0.1) is 0 Å². The predicted molar refractivity (Wildman–Crippen MR) is 81.2 cm³/mol. The van der Waals surface area contributed by atoms with E-state index in [1.165, 1.54) is 0 Å². The van der Waals surface area contributed by atoms with E-state index in [1.807, 2.05) is 0 Å². The molecule has 0 spiro atoms. The topological polar surface area (TPSA) is 60.8 Å². The van der Waals surface area contributed by atoms with Crippen LogP contribution in [0.3, 0.4) is 0 Å². The number of carboxylic acids is 1. The molecule has 1 rings (SSSR count). The van der Waals surface area contributed by atoms with Gasteiger partial charge in [0, 0.05) is 19.1 Å². The number of carboxylic acid groups (broad SMARTS) is 1. The highest BCUT2D eigenvalue weighted by Gasteiger charge is 2.30. The first-order valence-electron chi connectivity index (χ1n) is 7.51. The van der Waals surface area contributed by atoms with Gasteiger partial charge in [0.25, 0.3) is 0 Å². The molecule has 0 unspecified atom stereocenters. The van der Waals surface area contributed by atoms with Gasteiger partial charge in [-0.2, -0.15) is 0 Å². The summed E-state index contributed by atoms with van der Waals surface area (Å²) in [6.45, 7) is 2.30. The second-order valence-corrected chi connectivity index (χ2v) is 5.89. The van der Waals surface area contributed by atoms with Crippen molar-refractivity contribution in [3.8, 4) is 0 Å². The molecule has 4 nitrogen and oxygen atoms in total. The van der Waals surface area contributed by atoms with Gasteiger partial charge in [-0.15, -0.1) is 11.6 Å². The lowest BCUT2D eigenvalue weighted by atomic mass is 10.1. The quantitative estimate of drug-likeness (QED) is 0.370. The fraction of sp³-hybridized carbons (Fsp3) is 0.800. The van der Waals surface area contributed by atoms with E-state index in [0.717, 1.165) is 45.2 Å². The molecule has 5 heteroatoms. The highest BCUT2D eigenvalue weighted by molar-refractivity contribution is 6.21. The van der Waals surface area contributed by atoms with Gasteiger partial charge < -0.3 is 10.2 Å². The number of aliphatic hydroxyl groups is 1. The Kier molecular flexibility index (Phi) is 8.90. The van der Waals surface area contributed by atoms with E-state index in [4.69, 9.17) is 21.8 Å². The van der Waals surface area contributed by atoms with Crippen LogP contribution in [-0.4, -0.2) is 52.2 Å². The van der Waals surface area contributed by atoms with Crippen molar-refractivity contribution in [3.05, 3.63) is 12.2 Å². The Morgan fingerprint density at radius 2 is 2.10 bits per heavy atom. The van der Waals surface area contributed by atoms with Crippen molar-refractivity contribution in [2.24, 2.45) is 0 Å². The molecule has 0 radical (unpaired) electrons. The van der Waals surface area contributed by atoms with Gasteiger partial charge in [0.05, 0.1) is 5.38 Å². The van der Waals surface area contributed by atoms with Crippen LogP contribution in [0.5, 0.6) is 0 Å². The molecule has 116 valence electrons. The van der Waals surface area contributed by atoms with Crippen LogP contribution in [0.15, 0.2) is 12.2 Å². The van der Waals surface area contributed by atoms with E-state index in [0.29, 0.717) is 12.5 Å². The molecule has 20 heavy (non-hydrogen) atoms. The maximum atomic E-state index is 10.4. The number of alkyl halides is 1. The molecule has 0 bridgehead atoms. The Balaban J connectivity index is 2.24. The minimum Gasteiger partial charge on any atom is -0.481 e. The van der Waals surface area contributed by atoms with Crippen molar-refractivity contribution in [1.82, 2.24) is 4.90 Å². The maximum absolute atomic E-state index is 10.4. The third kappa shape index (κ3) is 6.73. The summed E-state index contributed by atoms with van der Waals surface area (Å²) in [4.78, 5) is 12.8. The second kappa shape index (κ2) is 10.2. The molecule has 0 aromatic heterocycles. The van der Waals surface area contributed by atoms with E-state index in [9.17, 15) is 4.79 Å². The Bertz CT molecular complexity index is 309. The van der Waals surface area contributed by atoms with Crippen LogP contribution in [0.1, 0.15) is 44.9 Å². The molecule has 0 saturated carbocycles. The van der Waals surface area contributed by atoms with Crippen molar-refractivity contribution in [1.29, 1.82) is 0 Å². The van der Waals surface area contributed by atoms with Crippen LogP contribution < -0.4 is 0 Å². The van der Waals surface area contributed by atoms with Crippen molar-refractivity contribution >= 4 is 17.6 Å². The third-order valence-corrected chi connectivity index (χ3v) is 4.25. The van der Waals surface area contributed by atoms with Crippen LogP contribution in [0.4, 0.5) is 0 Å². The van der Waals surface area contributed by atoms with Gasteiger partial charge in [0.15, 0.2) is 0 Å². The van der Waals surface area contributed by atoms with Crippen molar-refractivity contribution in [2.75, 3.05) is 19.7 Å². The van der Waals surface area contributed by atoms with Gasteiger partial charge in [0.1, 0.15) is 0 Å². The Labute approximate surface area is 126 Å². The highest BCUT2D eigenvalue weighted by atomic mass is 35.5. The zero-order valence-corrected chi connectivity index (χ0v) is 12.8. The maximum Gasteiger partial charge on any atom is 0.303 e. The SMILES string of the molecule is O=C(O)CCC/C=C\C[C@H]1[C@H](Cl)CCN1CCCCO. The summed E-state index contributed by atoms with van der Waals surface area (Å²) < 4.78 is 0. The van der Waals surface area contributed by atoms with E-state index >= 15 is 0 Å². The number of likely N-dealkylation sites (tertiary alicyclic amines) is 1. The number of rotatable bonds is 10. The molecule has 2 N–H and O–H groups in total. The number of unbranched alkanes of at least 4 members (excludes halogenated alkanes) is 2. The summed E-state index contributed by atoms with van der Waals surface area (Å²) in [5.74, 6) is -0.731. The van der Waals surface area contributed by atoms with Crippen LogP contribution in [-0.2, 0) is 4.79 Å². The zero-order valence-electron chi connectivity index (χ0n) is 12.0. The first-order valence-corrected chi connectivity index (χ1v) is 7.94. The van der Waals surface area contributed by atoms with Crippen LogP contribution in [0.25, 0.3) is 0 Å². The fourth-order valence-corrected chi connectivity index (χ4v) is 2.96. The molecule has 2 atom stereocenters. The smallest absolute Gasteiger partial charge is 0.303 e. The number of allylic oxidation sites excluding steroid dienone is 1. The summed E-state index contributed by atoms with van der Waals surface area (Å²) in [7, 11) is 0. The standard InChI is InChI=1S/C15H26ClNO3/c16-13-9-11-17(10-5-6-12-18)14(13)7-3-1-2-4-8-15(19)20/h1,3,13-14,18H,2,4-12H2,(H,19,20)/b3-1-/t13-,14+/m1/s1. The van der Waals surface area contributed by atoms with E-state index in [-0.39, 0.29) is 18.4 Å². The molecule has 0 aromatic rings. The first-order chi connectivity index (χ1) is 9.65. The number of hydrogen-bond acceptors (Lipinski definition) is 3. The summed E-state index contributed by atoms with van der Waals surface area (Å²) in [6.07, 6.45) is 9.76. The summed E-state index contributed by atoms with van der Waals surface area (Å²) in [6, 6.07) is 0.381. The monoisotopic (exact) mass is 303 g/mol. The number of hydrogen-bond donors (Lipinski definition) is 2. The van der Waals surface area contributed by atoms with Crippen LogP contribution >= 0.6 is 11.6 Å². The molecule has 1 heterocycles. The second-order valence-electron chi connectivity index (χ2n) is 5.33. The molecule has 1 saturated heterocycles. The van der Waals surface area contributed by atoms with Gasteiger partial charge in [-0.25, -0.2) is 0 Å².